The fourth-order valence-corrected chi connectivity index (χ4v) is 1.95. The van der Waals surface area contributed by atoms with Crippen molar-refractivity contribution in [2.24, 2.45) is 5.41 Å². The average molecular weight is 303 g/mol. The number of amides is 1. The lowest BCUT2D eigenvalue weighted by atomic mass is 9.89. The molecule has 1 amide bonds. The molecule has 0 aliphatic carbocycles. The first kappa shape index (κ1) is 16.2. The molecule has 2 aromatic rings. The van der Waals surface area contributed by atoms with E-state index in [1.165, 1.54) is 0 Å². The van der Waals surface area contributed by atoms with Crippen molar-refractivity contribution < 1.29 is 14.4 Å². The van der Waals surface area contributed by atoms with Crippen LogP contribution in [-0.4, -0.2) is 34.3 Å². The molecule has 0 unspecified atom stereocenters. The molecule has 0 radical (unpaired) electrons. The molecular weight excluding hydrogens is 282 g/mol. The van der Waals surface area contributed by atoms with Crippen molar-refractivity contribution in [2.75, 3.05) is 13.2 Å². The number of hydrogen-bond acceptors (Lipinski definition) is 5. The van der Waals surface area contributed by atoms with Crippen molar-refractivity contribution in [3.63, 3.8) is 0 Å². The maximum Gasteiger partial charge on any atom is 0.273 e. The monoisotopic (exact) mass is 303 g/mol. The summed E-state index contributed by atoms with van der Waals surface area (Å²) >= 11 is 0. The fourth-order valence-electron chi connectivity index (χ4n) is 1.95. The lowest BCUT2D eigenvalue weighted by Crippen LogP contribution is -2.26. The van der Waals surface area contributed by atoms with Gasteiger partial charge in [-0.15, -0.1) is 0 Å². The van der Waals surface area contributed by atoms with Crippen molar-refractivity contribution >= 4 is 5.91 Å². The predicted octanol–water partition coefficient (Wildman–Crippen LogP) is 2.27. The van der Waals surface area contributed by atoms with Gasteiger partial charge in [-0.1, -0.05) is 25.1 Å². The third kappa shape index (κ3) is 4.39. The van der Waals surface area contributed by atoms with E-state index in [2.05, 4.69) is 15.5 Å². The summed E-state index contributed by atoms with van der Waals surface area (Å²) in [6.07, 6.45) is 3.28. The second-order valence-corrected chi connectivity index (χ2v) is 5.97. The Morgan fingerprint density at radius 3 is 2.91 bits per heavy atom. The Morgan fingerprint density at radius 2 is 2.23 bits per heavy atom. The standard InChI is InChI=1S/C16H21N3O3/c1-16(2,11-20)7-5-9-18-15(21)13-10-14(22-19-13)12-6-3-4-8-17-12/h3-4,6,8,10,20H,5,7,9,11H2,1-2H3,(H,18,21). The Labute approximate surface area is 129 Å². The van der Waals surface area contributed by atoms with Crippen LogP contribution in [0.15, 0.2) is 35.0 Å². The molecule has 2 aromatic heterocycles. The van der Waals surface area contributed by atoms with Gasteiger partial charge in [-0.3, -0.25) is 9.78 Å². The number of nitrogens with zero attached hydrogens (tertiary/aromatic N) is 2. The summed E-state index contributed by atoms with van der Waals surface area (Å²) in [6, 6.07) is 7.02. The number of aliphatic hydroxyl groups is 1. The van der Waals surface area contributed by atoms with Gasteiger partial charge in [0.05, 0.1) is 0 Å². The minimum absolute atomic E-state index is 0.120. The molecule has 6 nitrogen and oxygen atoms in total. The quantitative estimate of drug-likeness (QED) is 0.766. The van der Waals surface area contributed by atoms with Crippen molar-refractivity contribution in [3.05, 3.63) is 36.2 Å². The Morgan fingerprint density at radius 1 is 1.41 bits per heavy atom. The first-order valence-corrected chi connectivity index (χ1v) is 7.29. The Bertz CT molecular complexity index is 608. The molecule has 0 atom stereocenters. The number of nitrogens with one attached hydrogen (secondary N) is 1. The largest absolute Gasteiger partial charge is 0.396 e. The molecule has 0 aromatic carbocycles. The van der Waals surface area contributed by atoms with Crippen LogP contribution in [0.25, 0.3) is 11.5 Å². The summed E-state index contributed by atoms with van der Waals surface area (Å²) in [4.78, 5) is 16.1. The number of aromatic nitrogens is 2. The number of hydrogen-bond donors (Lipinski definition) is 2. The summed E-state index contributed by atoms with van der Waals surface area (Å²) in [5, 5.41) is 15.7. The van der Waals surface area contributed by atoms with E-state index in [1.54, 1.807) is 24.4 Å². The first-order valence-electron chi connectivity index (χ1n) is 7.29. The average Bonchev–Trinajstić information content (AvgIpc) is 3.02. The summed E-state index contributed by atoms with van der Waals surface area (Å²) in [7, 11) is 0. The zero-order chi connectivity index (χ0) is 16.0. The molecule has 0 spiro atoms. The number of carbonyl (C=O) groups is 1. The molecule has 6 heteroatoms. The number of rotatable bonds is 7. The van der Waals surface area contributed by atoms with E-state index >= 15 is 0 Å². The van der Waals surface area contributed by atoms with Crippen LogP contribution in [0.2, 0.25) is 0 Å². The van der Waals surface area contributed by atoms with Crippen molar-refractivity contribution in [1.82, 2.24) is 15.5 Å². The molecule has 0 aliphatic heterocycles. The second kappa shape index (κ2) is 7.17. The van der Waals surface area contributed by atoms with Gasteiger partial charge in [0.2, 0.25) is 0 Å². The Balaban J connectivity index is 1.85. The highest BCUT2D eigenvalue weighted by Gasteiger charge is 2.17. The molecule has 0 aliphatic rings. The van der Waals surface area contributed by atoms with Gasteiger partial charge >= 0.3 is 0 Å². The minimum atomic E-state index is -0.271. The van der Waals surface area contributed by atoms with Gasteiger partial charge < -0.3 is 14.9 Å². The minimum Gasteiger partial charge on any atom is -0.396 e. The third-order valence-electron chi connectivity index (χ3n) is 3.40. The molecule has 22 heavy (non-hydrogen) atoms. The summed E-state index contributed by atoms with van der Waals surface area (Å²) in [5.41, 5.74) is 0.755. The van der Waals surface area contributed by atoms with Crippen LogP contribution in [-0.2, 0) is 0 Å². The first-order chi connectivity index (χ1) is 10.5. The van der Waals surface area contributed by atoms with Gasteiger partial charge in [-0.25, -0.2) is 0 Å². The molecule has 0 fully saturated rings. The van der Waals surface area contributed by atoms with Gasteiger partial charge in [-0.2, -0.15) is 0 Å². The number of carbonyl (C=O) groups excluding carboxylic acids is 1. The van der Waals surface area contributed by atoms with Crippen molar-refractivity contribution in [1.29, 1.82) is 0 Å². The maximum absolute atomic E-state index is 12.0. The molecule has 0 saturated carbocycles. The highest BCUT2D eigenvalue weighted by Crippen LogP contribution is 2.20. The summed E-state index contributed by atoms with van der Waals surface area (Å²) < 4.78 is 5.14. The van der Waals surface area contributed by atoms with E-state index in [0.29, 0.717) is 18.0 Å². The van der Waals surface area contributed by atoms with E-state index in [-0.39, 0.29) is 23.6 Å². The van der Waals surface area contributed by atoms with Crippen LogP contribution >= 0.6 is 0 Å². The van der Waals surface area contributed by atoms with E-state index in [1.807, 2.05) is 19.9 Å². The van der Waals surface area contributed by atoms with Gasteiger partial charge in [0, 0.05) is 25.4 Å². The van der Waals surface area contributed by atoms with Crippen LogP contribution in [0, 0.1) is 5.41 Å². The molecule has 0 bridgehead atoms. The fraction of sp³-hybridized carbons (Fsp3) is 0.438. The molecular formula is C16H21N3O3. The lowest BCUT2D eigenvalue weighted by molar-refractivity contribution is 0.0939. The van der Waals surface area contributed by atoms with Gasteiger partial charge in [-0.05, 0) is 30.4 Å². The van der Waals surface area contributed by atoms with Crippen LogP contribution < -0.4 is 5.32 Å². The molecule has 2 rings (SSSR count). The predicted molar refractivity (Wildman–Crippen MR) is 82.2 cm³/mol. The smallest absolute Gasteiger partial charge is 0.273 e. The Hall–Kier alpha value is -2.21. The summed E-state index contributed by atoms with van der Waals surface area (Å²) in [5.74, 6) is 0.194. The van der Waals surface area contributed by atoms with Gasteiger partial charge in [0.15, 0.2) is 11.5 Å². The van der Waals surface area contributed by atoms with Gasteiger partial charge in [0.25, 0.3) is 5.91 Å². The molecule has 118 valence electrons. The van der Waals surface area contributed by atoms with E-state index in [4.69, 9.17) is 4.52 Å². The van der Waals surface area contributed by atoms with Crippen LogP contribution in [0.3, 0.4) is 0 Å². The normalized spacial score (nSPS) is 11.4. The lowest BCUT2D eigenvalue weighted by Gasteiger charge is -2.20. The maximum atomic E-state index is 12.0. The topological polar surface area (TPSA) is 88.2 Å². The number of aliphatic hydroxyl groups excluding tert-OH is 1. The second-order valence-electron chi connectivity index (χ2n) is 5.97. The van der Waals surface area contributed by atoms with Crippen molar-refractivity contribution in [2.45, 2.75) is 26.7 Å². The zero-order valence-corrected chi connectivity index (χ0v) is 12.9. The SMILES string of the molecule is CC(C)(CO)CCCNC(=O)c1cc(-c2ccccn2)on1. The summed E-state index contributed by atoms with van der Waals surface area (Å²) in [6.45, 7) is 4.66. The zero-order valence-electron chi connectivity index (χ0n) is 12.9. The van der Waals surface area contributed by atoms with E-state index in [9.17, 15) is 9.90 Å². The van der Waals surface area contributed by atoms with Gasteiger partial charge in [0.1, 0.15) is 5.69 Å². The number of pyridine rings is 1. The third-order valence-corrected chi connectivity index (χ3v) is 3.40. The molecule has 2 N–H and O–H groups in total. The highest BCUT2D eigenvalue weighted by atomic mass is 16.5. The van der Waals surface area contributed by atoms with Crippen LogP contribution in [0.5, 0.6) is 0 Å². The molecule has 0 saturated heterocycles. The van der Waals surface area contributed by atoms with E-state index in [0.717, 1.165) is 12.8 Å². The van der Waals surface area contributed by atoms with Crippen LogP contribution in [0.4, 0.5) is 0 Å². The van der Waals surface area contributed by atoms with Crippen LogP contribution in [0.1, 0.15) is 37.2 Å². The van der Waals surface area contributed by atoms with Crippen molar-refractivity contribution in [3.8, 4) is 11.5 Å². The molecule has 2 heterocycles. The Kier molecular flexibility index (Phi) is 5.27. The highest BCUT2D eigenvalue weighted by molar-refractivity contribution is 5.92. The van der Waals surface area contributed by atoms with E-state index < -0.39 is 0 Å².